The van der Waals surface area contributed by atoms with Gasteiger partial charge in [-0.3, -0.25) is 4.79 Å². The van der Waals surface area contributed by atoms with E-state index < -0.39 is 0 Å². The minimum absolute atomic E-state index is 0.000562. The van der Waals surface area contributed by atoms with E-state index in [1.165, 1.54) is 6.08 Å². The smallest absolute Gasteiger partial charge is 0.243 e. The molecule has 2 heterocycles. The van der Waals surface area contributed by atoms with E-state index in [4.69, 9.17) is 9.26 Å². The van der Waals surface area contributed by atoms with E-state index in [9.17, 15) is 4.79 Å². The van der Waals surface area contributed by atoms with Crippen molar-refractivity contribution in [2.45, 2.75) is 71.6 Å². The van der Waals surface area contributed by atoms with Gasteiger partial charge in [0, 0.05) is 12.8 Å². The van der Waals surface area contributed by atoms with Gasteiger partial charge in [0.15, 0.2) is 5.82 Å². The van der Waals surface area contributed by atoms with E-state index in [0.29, 0.717) is 17.6 Å². The third-order valence-electron chi connectivity index (χ3n) is 5.03. The minimum Gasteiger partial charge on any atom is -0.373 e. The van der Waals surface area contributed by atoms with E-state index in [0.717, 1.165) is 18.4 Å². The van der Waals surface area contributed by atoms with Crippen LogP contribution in [0.1, 0.15) is 58.2 Å². The van der Waals surface area contributed by atoms with E-state index in [2.05, 4.69) is 35.0 Å². The summed E-state index contributed by atoms with van der Waals surface area (Å²) < 4.78 is 11.1. The quantitative estimate of drug-likeness (QED) is 0.580. The Morgan fingerprint density at radius 3 is 2.81 bits per heavy atom. The van der Waals surface area contributed by atoms with Crippen molar-refractivity contribution in [3.63, 3.8) is 0 Å². The summed E-state index contributed by atoms with van der Waals surface area (Å²) in [6.07, 6.45) is 9.22. The molecule has 5 atom stereocenters. The molecule has 0 spiro atoms. The summed E-state index contributed by atoms with van der Waals surface area (Å²) in [5.41, 5.74) is 1.16. The minimum atomic E-state index is -0.129. The highest BCUT2D eigenvalue weighted by Gasteiger charge is 2.33. The number of nitrogens with zero attached hydrogens (tertiary/aromatic N) is 2. The molecule has 148 valence electrons. The predicted octanol–water partition coefficient (Wildman–Crippen LogP) is 3.86. The van der Waals surface area contributed by atoms with E-state index in [1.54, 1.807) is 13.0 Å². The summed E-state index contributed by atoms with van der Waals surface area (Å²) in [4.78, 5) is 16.5. The van der Waals surface area contributed by atoms with Gasteiger partial charge in [0.05, 0.1) is 18.2 Å². The molecule has 1 aliphatic heterocycles. The third kappa shape index (κ3) is 6.17. The summed E-state index contributed by atoms with van der Waals surface area (Å²) in [7, 11) is 0. The summed E-state index contributed by atoms with van der Waals surface area (Å²) in [5.74, 6) is 1.24. The van der Waals surface area contributed by atoms with Crippen LogP contribution in [0.25, 0.3) is 0 Å². The second-order valence-electron chi connectivity index (χ2n) is 7.42. The Balaban J connectivity index is 1.87. The summed E-state index contributed by atoms with van der Waals surface area (Å²) >= 11 is 0. The molecule has 6 heteroatoms. The van der Waals surface area contributed by atoms with Gasteiger partial charge in [0.25, 0.3) is 0 Å². The summed E-state index contributed by atoms with van der Waals surface area (Å²) in [5, 5.41) is 6.94. The fourth-order valence-electron chi connectivity index (χ4n) is 3.15. The second kappa shape index (κ2) is 9.65. The van der Waals surface area contributed by atoms with Gasteiger partial charge >= 0.3 is 0 Å². The second-order valence-corrected chi connectivity index (χ2v) is 7.42. The molecule has 1 amide bonds. The van der Waals surface area contributed by atoms with Crippen molar-refractivity contribution in [2.24, 2.45) is 5.92 Å². The molecular weight excluding hydrogens is 342 g/mol. The maximum atomic E-state index is 12.3. The van der Waals surface area contributed by atoms with Crippen LogP contribution in [0.5, 0.6) is 0 Å². The van der Waals surface area contributed by atoms with E-state index >= 15 is 0 Å². The first kappa shape index (κ1) is 21.1. The first-order chi connectivity index (χ1) is 12.8. The maximum Gasteiger partial charge on any atom is 0.243 e. The molecule has 1 unspecified atom stereocenters. The number of carbonyl (C=O) groups excluding carboxylic acids is 1. The molecule has 6 nitrogen and oxygen atoms in total. The lowest BCUT2D eigenvalue weighted by Crippen LogP contribution is -2.50. The lowest BCUT2D eigenvalue weighted by Gasteiger charge is -2.39. The van der Waals surface area contributed by atoms with Crippen LogP contribution >= 0.6 is 0 Å². The highest BCUT2D eigenvalue weighted by molar-refractivity contribution is 5.87. The molecule has 1 saturated heterocycles. The molecule has 1 aromatic rings. The van der Waals surface area contributed by atoms with Crippen molar-refractivity contribution in [3.05, 3.63) is 48.2 Å². The van der Waals surface area contributed by atoms with E-state index in [-0.39, 0.29) is 30.1 Å². The largest absolute Gasteiger partial charge is 0.373 e. The Bertz CT molecular complexity index is 707. The van der Waals surface area contributed by atoms with Crippen LogP contribution in [0.3, 0.4) is 0 Å². The highest BCUT2D eigenvalue weighted by Crippen LogP contribution is 2.28. The molecule has 1 N–H and O–H groups in total. The summed E-state index contributed by atoms with van der Waals surface area (Å²) in [6, 6.07) is 0.000562. The van der Waals surface area contributed by atoms with Gasteiger partial charge in [-0.15, -0.1) is 0 Å². The zero-order valence-electron chi connectivity index (χ0n) is 16.9. The zero-order valence-corrected chi connectivity index (χ0v) is 16.9. The van der Waals surface area contributed by atoms with Crippen LogP contribution < -0.4 is 5.32 Å². The molecule has 1 aromatic heterocycles. The van der Waals surface area contributed by atoms with Crippen molar-refractivity contribution < 1.29 is 14.1 Å². The first-order valence-corrected chi connectivity index (χ1v) is 9.53. The molecule has 2 rings (SSSR count). The van der Waals surface area contributed by atoms with Crippen molar-refractivity contribution >= 4 is 5.91 Å². The number of aryl methyl sites for hydroxylation is 1. The van der Waals surface area contributed by atoms with Crippen molar-refractivity contribution in [1.29, 1.82) is 0 Å². The standard InChI is InChI=1S/C21H31N3O3/c1-7-13(2)8-10-19-15(4)12-18(16(5)26-19)23-20(25)11-9-14(3)21-22-17(6)27-24-21/h7-9,11,14-16,18-19H,1,10,12H2,2-6H3,(H,23,25)/b11-9+,13-8+/t14?,15-,16+,18+,19-/m0/s1. The molecule has 1 fully saturated rings. The first-order valence-electron chi connectivity index (χ1n) is 9.53. The summed E-state index contributed by atoms with van der Waals surface area (Å²) in [6.45, 7) is 13.7. The topological polar surface area (TPSA) is 77.2 Å². The van der Waals surface area contributed by atoms with Gasteiger partial charge in [-0.25, -0.2) is 0 Å². The van der Waals surface area contributed by atoms with Gasteiger partial charge in [-0.2, -0.15) is 4.98 Å². The molecule has 0 radical (unpaired) electrons. The van der Waals surface area contributed by atoms with Crippen molar-refractivity contribution in [1.82, 2.24) is 15.5 Å². The fourth-order valence-corrected chi connectivity index (χ4v) is 3.15. The number of rotatable bonds is 7. The van der Waals surface area contributed by atoms with Gasteiger partial charge in [-0.05, 0) is 38.7 Å². The molecule has 0 aromatic carbocycles. The van der Waals surface area contributed by atoms with Crippen LogP contribution in [-0.2, 0) is 9.53 Å². The molecule has 0 saturated carbocycles. The number of carbonyl (C=O) groups is 1. The Kier molecular flexibility index (Phi) is 7.54. The van der Waals surface area contributed by atoms with Crippen LogP contribution in [0.15, 0.2) is 41.0 Å². The van der Waals surface area contributed by atoms with Gasteiger partial charge < -0.3 is 14.6 Å². The Morgan fingerprint density at radius 1 is 1.44 bits per heavy atom. The number of amides is 1. The number of nitrogens with one attached hydrogen (secondary N) is 1. The van der Waals surface area contributed by atoms with Crippen LogP contribution in [0, 0.1) is 12.8 Å². The Labute approximate surface area is 161 Å². The Hall–Kier alpha value is -2.21. The molecule has 0 aliphatic carbocycles. The average Bonchev–Trinajstić information content (AvgIpc) is 3.07. The number of hydrogen-bond donors (Lipinski definition) is 1. The van der Waals surface area contributed by atoms with Crippen LogP contribution in [0.4, 0.5) is 0 Å². The lowest BCUT2D eigenvalue weighted by atomic mass is 9.88. The van der Waals surface area contributed by atoms with Crippen LogP contribution in [-0.4, -0.2) is 34.3 Å². The van der Waals surface area contributed by atoms with Crippen LogP contribution in [0.2, 0.25) is 0 Å². The molecule has 0 bridgehead atoms. The van der Waals surface area contributed by atoms with Gasteiger partial charge in [-0.1, -0.05) is 49.4 Å². The molecule has 27 heavy (non-hydrogen) atoms. The molecule has 1 aliphatic rings. The number of aromatic nitrogens is 2. The normalized spacial score (nSPS) is 27.5. The van der Waals surface area contributed by atoms with E-state index in [1.807, 2.05) is 26.8 Å². The monoisotopic (exact) mass is 373 g/mol. The third-order valence-corrected chi connectivity index (χ3v) is 5.03. The predicted molar refractivity (Wildman–Crippen MR) is 105 cm³/mol. The maximum absolute atomic E-state index is 12.3. The number of hydrogen-bond acceptors (Lipinski definition) is 5. The lowest BCUT2D eigenvalue weighted by molar-refractivity contribution is -0.123. The Morgan fingerprint density at radius 2 is 2.19 bits per heavy atom. The van der Waals surface area contributed by atoms with Gasteiger partial charge in [0.1, 0.15) is 0 Å². The number of allylic oxidation sites excluding steroid dienone is 3. The number of ether oxygens (including phenoxy) is 1. The van der Waals surface area contributed by atoms with Crippen molar-refractivity contribution in [2.75, 3.05) is 0 Å². The zero-order chi connectivity index (χ0) is 20.0. The van der Waals surface area contributed by atoms with Gasteiger partial charge in [0.2, 0.25) is 11.8 Å². The highest BCUT2D eigenvalue weighted by atomic mass is 16.5. The SMILES string of the molecule is C=C/C(C)=C/C[C@@H]1O[C@H](C)[C@H](NC(=O)/C=C/C(C)c2noc(C)n2)C[C@@H]1C. The van der Waals surface area contributed by atoms with Crippen molar-refractivity contribution in [3.8, 4) is 0 Å². The molecular formula is C21H31N3O3. The fraction of sp³-hybridized carbons (Fsp3) is 0.571. The average molecular weight is 373 g/mol.